The van der Waals surface area contributed by atoms with Gasteiger partial charge in [0.15, 0.2) is 11.7 Å². The van der Waals surface area contributed by atoms with Crippen molar-refractivity contribution in [1.29, 1.82) is 0 Å². The minimum Gasteiger partial charge on any atom is -0.492 e. The number of nitrogens with one attached hydrogen (secondary N) is 1. The molecule has 0 spiro atoms. The van der Waals surface area contributed by atoms with Gasteiger partial charge in [0.2, 0.25) is 5.91 Å². The van der Waals surface area contributed by atoms with Crippen molar-refractivity contribution in [2.24, 2.45) is 0 Å². The average Bonchev–Trinajstić information content (AvgIpc) is 3.14. The van der Waals surface area contributed by atoms with Gasteiger partial charge in [-0.2, -0.15) is 0 Å². The molecule has 0 aliphatic rings. The molecule has 0 atom stereocenters. The van der Waals surface area contributed by atoms with Crippen molar-refractivity contribution in [3.63, 3.8) is 0 Å². The number of nitrogens with zero attached hydrogens (tertiary/aromatic N) is 1. The fourth-order valence-electron chi connectivity index (χ4n) is 2.51. The number of amides is 1. The Morgan fingerprint density at radius 3 is 2.74 bits per heavy atom. The topological polar surface area (TPSA) is 64.4 Å². The van der Waals surface area contributed by atoms with E-state index in [1.54, 1.807) is 12.3 Å². The molecule has 1 heterocycles. The van der Waals surface area contributed by atoms with Crippen LogP contribution < -0.4 is 10.1 Å². The summed E-state index contributed by atoms with van der Waals surface area (Å²) in [5.41, 5.74) is 1.97. The summed E-state index contributed by atoms with van der Waals surface area (Å²) in [6.45, 7) is 2.89. The maximum atomic E-state index is 11.9. The van der Waals surface area contributed by atoms with E-state index in [0.717, 1.165) is 11.3 Å². The number of rotatable bonds is 8. The second-order valence-corrected chi connectivity index (χ2v) is 6.52. The molecule has 0 radical (unpaired) electrons. The molecule has 27 heavy (non-hydrogen) atoms. The lowest BCUT2D eigenvalue weighted by Crippen LogP contribution is -2.28. The average molecular weight is 385 g/mol. The van der Waals surface area contributed by atoms with Crippen molar-refractivity contribution in [1.82, 2.24) is 10.3 Å². The molecule has 2 aromatic carbocycles. The van der Waals surface area contributed by atoms with Crippen LogP contribution in [0, 0.1) is 6.92 Å². The van der Waals surface area contributed by atoms with E-state index in [-0.39, 0.29) is 5.91 Å². The number of ether oxygens (including phenoxy) is 1. The first kappa shape index (κ1) is 19.0. The Hall–Kier alpha value is -2.79. The second kappa shape index (κ2) is 9.24. The van der Waals surface area contributed by atoms with Gasteiger partial charge in [0, 0.05) is 18.4 Å². The highest BCUT2D eigenvalue weighted by Crippen LogP contribution is 2.28. The van der Waals surface area contributed by atoms with Crippen LogP contribution >= 0.6 is 11.6 Å². The minimum atomic E-state index is -0.0694. The summed E-state index contributed by atoms with van der Waals surface area (Å²) < 4.78 is 11.3. The molecular formula is C21H21ClN2O3. The maximum absolute atomic E-state index is 11.9. The van der Waals surface area contributed by atoms with Gasteiger partial charge in [0.1, 0.15) is 12.4 Å². The zero-order valence-corrected chi connectivity index (χ0v) is 15.8. The van der Waals surface area contributed by atoms with Crippen LogP contribution in [0.15, 0.2) is 59.1 Å². The number of hydrogen-bond donors (Lipinski definition) is 1. The van der Waals surface area contributed by atoms with E-state index in [4.69, 9.17) is 20.8 Å². The monoisotopic (exact) mass is 384 g/mol. The molecule has 3 aromatic rings. The number of aromatic nitrogens is 1. The third-order valence-corrected chi connectivity index (χ3v) is 4.30. The first-order valence-electron chi connectivity index (χ1n) is 8.77. The summed E-state index contributed by atoms with van der Waals surface area (Å²) in [5, 5.41) is 3.43. The Bertz CT molecular complexity index is 890. The normalized spacial score (nSPS) is 10.6. The third-order valence-electron chi connectivity index (χ3n) is 3.97. The Labute approximate surface area is 163 Å². The van der Waals surface area contributed by atoms with E-state index >= 15 is 0 Å². The summed E-state index contributed by atoms with van der Waals surface area (Å²) in [4.78, 5) is 16.2. The largest absolute Gasteiger partial charge is 0.492 e. The van der Waals surface area contributed by atoms with Crippen LogP contribution in [-0.2, 0) is 11.2 Å². The van der Waals surface area contributed by atoms with Crippen LogP contribution in [0.2, 0.25) is 5.02 Å². The standard InChI is InChI=1S/C21H21ClN2O3/c1-15-6-8-16(9-7-15)26-13-12-23-20(25)10-11-21-24-14-19(27-21)17-4-2-3-5-18(17)22/h2-9,14H,10-13H2,1H3,(H,23,25). The Kier molecular flexibility index (Phi) is 6.49. The molecule has 0 saturated carbocycles. The molecule has 140 valence electrons. The van der Waals surface area contributed by atoms with Crippen LogP contribution in [-0.4, -0.2) is 24.0 Å². The van der Waals surface area contributed by atoms with Crippen LogP contribution in [0.5, 0.6) is 5.75 Å². The fraction of sp³-hybridized carbons (Fsp3) is 0.238. The van der Waals surface area contributed by atoms with Gasteiger partial charge < -0.3 is 14.5 Å². The van der Waals surface area contributed by atoms with Crippen LogP contribution in [0.3, 0.4) is 0 Å². The lowest BCUT2D eigenvalue weighted by molar-refractivity contribution is -0.121. The molecule has 1 N–H and O–H groups in total. The van der Waals surface area contributed by atoms with Gasteiger partial charge in [-0.15, -0.1) is 0 Å². The SMILES string of the molecule is Cc1ccc(OCCNC(=O)CCc2ncc(-c3ccccc3Cl)o2)cc1. The summed E-state index contributed by atoms with van der Waals surface area (Å²) in [6.07, 6.45) is 2.35. The van der Waals surface area contributed by atoms with Gasteiger partial charge in [-0.1, -0.05) is 41.4 Å². The van der Waals surface area contributed by atoms with Gasteiger partial charge in [-0.25, -0.2) is 4.98 Å². The molecule has 0 unspecified atom stereocenters. The number of benzene rings is 2. The molecular weight excluding hydrogens is 364 g/mol. The predicted molar refractivity (Wildman–Crippen MR) is 105 cm³/mol. The number of halogens is 1. The summed E-state index contributed by atoms with van der Waals surface area (Å²) in [5.74, 6) is 1.83. The van der Waals surface area contributed by atoms with Crippen molar-refractivity contribution in [3.05, 3.63) is 71.2 Å². The van der Waals surface area contributed by atoms with E-state index in [0.29, 0.717) is 42.7 Å². The smallest absolute Gasteiger partial charge is 0.220 e. The van der Waals surface area contributed by atoms with Gasteiger partial charge in [0.05, 0.1) is 17.8 Å². The molecule has 0 saturated heterocycles. The first-order chi connectivity index (χ1) is 13.1. The lowest BCUT2D eigenvalue weighted by atomic mass is 10.2. The Morgan fingerprint density at radius 1 is 1.19 bits per heavy atom. The minimum absolute atomic E-state index is 0.0694. The molecule has 1 aromatic heterocycles. The quantitative estimate of drug-likeness (QED) is 0.583. The molecule has 0 aliphatic heterocycles. The van der Waals surface area contributed by atoms with Crippen molar-refractivity contribution >= 4 is 17.5 Å². The second-order valence-electron chi connectivity index (χ2n) is 6.11. The Balaban J connectivity index is 1.39. The van der Waals surface area contributed by atoms with Crippen molar-refractivity contribution < 1.29 is 13.9 Å². The molecule has 5 nitrogen and oxygen atoms in total. The van der Waals surface area contributed by atoms with E-state index in [9.17, 15) is 4.79 Å². The lowest BCUT2D eigenvalue weighted by Gasteiger charge is -2.07. The molecule has 0 fully saturated rings. The van der Waals surface area contributed by atoms with E-state index < -0.39 is 0 Å². The number of hydrogen-bond acceptors (Lipinski definition) is 4. The molecule has 0 aliphatic carbocycles. The zero-order valence-electron chi connectivity index (χ0n) is 15.1. The predicted octanol–water partition coefficient (Wildman–Crippen LogP) is 4.43. The van der Waals surface area contributed by atoms with E-state index in [1.165, 1.54) is 5.56 Å². The number of oxazole rings is 1. The van der Waals surface area contributed by atoms with Gasteiger partial charge in [-0.05, 0) is 31.2 Å². The van der Waals surface area contributed by atoms with Gasteiger partial charge in [-0.3, -0.25) is 4.79 Å². The van der Waals surface area contributed by atoms with Crippen molar-refractivity contribution in [3.8, 4) is 17.1 Å². The van der Waals surface area contributed by atoms with E-state index in [1.807, 2.05) is 49.4 Å². The van der Waals surface area contributed by atoms with Crippen LogP contribution in [0.1, 0.15) is 17.9 Å². The van der Waals surface area contributed by atoms with Gasteiger partial charge >= 0.3 is 0 Å². The van der Waals surface area contributed by atoms with E-state index in [2.05, 4.69) is 10.3 Å². The maximum Gasteiger partial charge on any atom is 0.220 e. The summed E-state index contributed by atoms with van der Waals surface area (Å²) >= 11 is 6.15. The first-order valence-corrected chi connectivity index (χ1v) is 9.15. The highest BCUT2D eigenvalue weighted by molar-refractivity contribution is 6.33. The zero-order chi connectivity index (χ0) is 19.1. The highest BCUT2D eigenvalue weighted by atomic mass is 35.5. The van der Waals surface area contributed by atoms with Crippen molar-refractivity contribution in [2.75, 3.05) is 13.2 Å². The number of carbonyl (C=O) groups excluding carboxylic acids is 1. The summed E-state index contributed by atoms with van der Waals surface area (Å²) in [6, 6.07) is 15.2. The molecule has 1 amide bonds. The van der Waals surface area contributed by atoms with Gasteiger partial charge in [0.25, 0.3) is 0 Å². The molecule has 0 bridgehead atoms. The number of carbonyl (C=O) groups is 1. The summed E-state index contributed by atoms with van der Waals surface area (Å²) in [7, 11) is 0. The Morgan fingerprint density at radius 2 is 1.96 bits per heavy atom. The van der Waals surface area contributed by atoms with Crippen LogP contribution in [0.4, 0.5) is 0 Å². The third kappa shape index (κ3) is 5.59. The highest BCUT2D eigenvalue weighted by Gasteiger charge is 2.11. The molecule has 6 heteroatoms. The van der Waals surface area contributed by atoms with Crippen LogP contribution in [0.25, 0.3) is 11.3 Å². The van der Waals surface area contributed by atoms with Crippen molar-refractivity contribution in [2.45, 2.75) is 19.8 Å². The number of aryl methyl sites for hydroxylation is 2. The molecule has 3 rings (SSSR count). The fourth-order valence-corrected chi connectivity index (χ4v) is 2.74.